The molecule has 0 aromatic heterocycles. The largest absolute Gasteiger partial charge is 0.0832 e. The van der Waals surface area contributed by atoms with Crippen LogP contribution >= 0.6 is 12.1 Å². The van der Waals surface area contributed by atoms with Crippen molar-refractivity contribution in [2.24, 2.45) is 0 Å². The normalized spacial score (nSPS) is 12.1. The van der Waals surface area contributed by atoms with Crippen LogP contribution in [0.15, 0.2) is 133 Å². The van der Waals surface area contributed by atoms with E-state index in [4.69, 9.17) is 23.6 Å². The summed E-state index contributed by atoms with van der Waals surface area (Å²) in [6.07, 6.45) is 0. The van der Waals surface area contributed by atoms with Crippen LogP contribution in [-0.4, -0.2) is 0 Å². The Balaban J connectivity index is 1.90. The molecule has 0 nitrogen and oxygen atoms in total. The topological polar surface area (TPSA) is 0 Å². The van der Waals surface area contributed by atoms with E-state index in [1.807, 2.05) is 24.3 Å². The van der Waals surface area contributed by atoms with Gasteiger partial charge in [0.25, 0.3) is 0 Å². The van der Waals surface area contributed by atoms with E-state index in [2.05, 4.69) is 109 Å². The van der Waals surface area contributed by atoms with Gasteiger partial charge in [0.15, 0.2) is 0 Å². The molecule has 0 heterocycles. The average molecular weight is 461 g/mol. The smallest absolute Gasteiger partial charge is 0.0311 e. The molecule has 0 aliphatic rings. The van der Waals surface area contributed by atoms with Crippen LogP contribution in [0.1, 0.15) is 0 Å². The molecule has 0 bridgehead atoms. The van der Waals surface area contributed by atoms with Crippen LogP contribution in [0.4, 0.5) is 0 Å². The Morgan fingerprint density at radius 1 is 0.367 bits per heavy atom. The molecule has 4 heteroatoms. The second-order valence-corrected chi connectivity index (χ2v) is 15.7. The number of benzene rings is 4. The lowest BCUT2D eigenvalue weighted by molar-refractivity contribution is 1.75. The summed E-state index contributed by atoms with van der Waals surface area (Å²) >= 11 is 12.8. The lowest BCUT2D eigenvalue weighted by Gasteiger charge is -2.23. The summed E-state index contributed by atoms with van der Waals surface area (Å²) in [6, 6.07) is 37.6. The third kappa shape index (κ3) is 4.34. The van der Waals surface area contributed by atoms with Gasteiger partial charge in [-0.15, -0.1) is 0 Å². The van der Waals surface area contributed by atoms with Gasteiger partial charge < -0.3 is 0 Å². The van der Waals surface area contributed by atoms with Crippen molar-refractivity contribution in [3.8, 4) is 0 Å². The monoisotopic (exact) mass is 460 g/mol. The second-order valence-electron chi connectivity index (χ2n) is 6.96. The fourth-order valence-electron chi connectivity index (χ4n) is 3.43. The molecule has 30 heavy (non-hydrogen) atoms. The Morgan fingerprint density at radius 2 is 0.567 bits per heavy atom. The summed E-state index contributed by atoms with van der Waals surface area (Å²) in [5.74, 6) is 4.52. The van der Waals surface area contributed by atoms with E-state index in [-0.39, 0.29) is 0 Å². The SMILES string of the molecule is S=P(/C=C/P(=S)(c1ccccc1)c1ccccc1)(c1ccccc1)c1ccccc1. The van der Waals surface area contributed by atoms with E-state index in [1.165, 1.54) is 21.2 Å². The third-order valence-electron chi connectivity index (χ3n) is 5.05. The summed E-state index contributed by atoms with van der Waals surface area (Å²) in [4.78, 5) is 0. The molecule has 0 saturated heterocycles. The minimum absolute atomic E-state index is 1.19. The molecule has 0 atom stereocenters. The van der Waals surface area contributed by atoms with Gasteiger partial charge in [0.1, 0.15) is 0 Å². The summed E-state index contributed by atoms with van der Waals surface area (Å²) in [6.45, 7) is 0. The summed E-state index contributed by atoms with van der Waals surface area (Å²) in [7, 11) is 0. The molecule has 0 saturated carbocycles. The van der Waals surface area contributed by atoms with Gasteiger partial charge in [0, 0.05) is 12.1 Å². The van der Waals surface area contributed by atoms with Gasteiger partial charge in [-0.2, -0.15) is 0 Å². The fourth-order valence-corrected chi connectivity index (χ4v) is 11.1. The highest BCUT2D eigenvalue weighted by Gasteiger charge is 2.23. The molecule has 4 aromatic carbocycles. The van der Waals surface area contributed by atoms with E-state index < -0.39 is 12.1 Å². The molecular weight excluding hydrogens is 438 g/mol. The first-order valence-electron chi connectivity index (χ1n) is 9.75. The van der Waals surface area contributed by atoms with Crippen LogP contribution in [0.3, 0.4) is 0 Å². The molecule has 4 rings (SSSR count). The van der Waals surface area contributed by atoms with Gasteiger partial charge >= 0.3 is 0 Å². The first-order valence-corrected chi connectivity index (χ1v) is 15.5. The van der Waals surface area contributed by atoms with Crippen molar-refractivity contribution in [3.63, 3.8) is 0 Å². The summed E-state index contributed by atoms with van der Waals surface area (Å²) < 4.78 is 0. The molecule has 0 aliphatic heterocycles. The molecule has 0 spiro atoms. The number of rotatable bonds is 6. The van der Waals surface area contributed by atoms with Crippen molar-refractivity contribution in [1.29, 1.82) is 0 Å². The standard InChI is InChI=1S/C26H22P2S2/c29-27(23-13-5-1-6-14-23,24-15-7-2-8-16-24)21-22-28(30,25-17-9-3-10-18-25)26-19-11-4-12-20-26/h1-22H/b22-21+. The first kappa shape index (κ1) is 21.2. The maximum Gasteiger partial charge on any atom is 0.0311 e. The highest BCUT2D eigenvalue weighted by molar-refractivity contribution is 8.25. The van der Waals surface area contributed by atoms with Crippen molar-refractivity contribution in [1.82, 2.24) is 0 Å². The Kier molecular flexibility index (Phi) is 6.61. The molecule has 0 amide bonds. The molecule has 148 valence electrons. The van der Waals surface area contributed by atoms with Crippen molar-refractivity contribution < 1.29 is 0 Å². The quantitative estimate of drug-likeness (QED) is 0.338. The van der Waals surface area contributed by atoms with E-state index in [0.29, 0.717) is 0 Å². The Labute approximate surface area is 189 Å². The molecular formula is C26H22P2S2. The van der Waals surface area contributed by atoms with Crippen LogP contribution in [0.5, 0.6) is 0 Å². The number of hydrogen-bond acceptors (Lipinski definition) is 2. The lowest BCUT2D eigenvalue weighted by Crippen LogP contribution is -2.16. The molecule has 0 N–H and O–H groups in total. The molecule has 0 radical (unpaired) electrons. The van der Waals surface area contributed by atoms with Gasteiger partial charge in [-0.25, -0.2) is 0 Å². The second kappa shape index (κ2) is 9.38. The zero-order chi connectivity index (χ0) is 20.9. The Morgan fingerprint density at radius 3 is 0.767 bits per heavy atom. The molecule has 0 fully saturated rings. The van der Waals surface area contributed by atoms with Crippen LogP contribution in [0.25, 0.3) is 0 Å². The van der Waals surface area contributed by atoms with Crippen LogP contribution in [-0.2, 0) is 23.6 Å². The zero-order valence-corrected chi connectivity index (χ0v) is 19.8. The molecule has 0 unspecified atom stereocenters. The van der Waals surface area contributed by atoms with Gasteiger partial charge in [-0.3, -0.25) is 0 Å². The maximum absolute atomic E-state index is 6.40. The van der Waals surface area contributed by atoms with Gasteiger partial charge in [0.05, 0.1) is 0 Å². The molecule has 4 aromatic rings. The summed E-state index contributed by atoms with van der Waals surface area (Å²) in [5, 5.41) is 4.74. The minimum atomic E-state index is -2.15. The van der Waals surface area contributed by atoms with Crippen LogP contribution in [0, 0.1) is 0 Å². The Hall–Kier alpha value is -2.08. The van der Waals surface area contributed by atoms with Crippen LogP contribution < -0.4 is 21.2 Å². The van der Waals surface area contributed by atoms with Crippen LogP contribution in [0.2, 0.25) is 0 Å². The van der Waals surface area contributed by atoms with Gasteiger partial charge in [-0.1, -0.05) is 145 Å². The third-order valence-corrected chi connectivity index (χ3v) is 13.9. The first-order chi connectivity index (χ1) is 14.6. The summed E-state index contributed by atoms with van der Waals surface area (Å²) in [5.41, 5.74) is 0. The fraction of sp³-hybridized carbons (Fsp3) is 0. The average Bonchev–Trinajstić information content (AvgIpc) is 2.84. The molecule has 0 aliphatic carbocycles. The van der Waals surface area contributed by atoms with Crippen molar-refractivity contribution >= 4 is 56.9 Å². The zero-order valence-electron chi connectivity index (χ0n) is 16.4. The minimum Gasteiger partial charge on any atom is -0.0832 e. The predicted molar refractivity (Wildman–Crippen MR) is 142 cm³/mol. The van der Waals surface area contributed by atoms with Gasteiger partial charge in [0.2, 0.25) is 0 Å². The van der Waals surface area contributed by atoms with Crippen molar-refractivity contribution in [2.75, 3.05) is 0 Å². The maximum atomic E-state index is 6.40. The van der Waals surface area contributed by atoms with E-state index in [0.717, 1.165) is 0 Å². The van der Waals surface area contributed by atoms with Crippen molar-refractivity contribution in [3.05, 3.63) is 133 Å². The predicted octanol–water partition coefficient (Wildman–Crippen LogP) is 5.72. The van der Waals surface area contributed by atoms with E-state index in [9.17, 15) is 0 Å². The Bertz CT molecular complexity index is 1030. The van der Waals surface area contributed by atoms with Crippen molar-refractivity contribution in [2.45, 2.75) is 0 Å². The van der Waals surface area contributed by atoms with E-state index in [1.54, 1.807) is 0 Å². The highest BCUT2D eigenvalue weighted by atomic mass is 32.4. The van der Waals surface area contributed by atoms with Gasteiger partial charge in [-0.05, 0) is 32.9 Å². The number of hydrogen-bond donors (Lipinski definition) is 0. The lowest BCUT2D eigenvalue weighted by atomic mass is 10.4. The van der Waals surface area contributed by atoms with E-state index >= 15 is 0 Å². The highest BCUT2D eigenvalue weighted by Crippen LogP contribution is 2.52.